The average molecular weight is 242 g/mol. The monoisotopic (exact) mass is 242 g/mol. The van der Waals surface area contributed by atoms with Crippen LogP contribution in [0.2, 0.25) is 0 Å². The summed E-state index contributed by atoms with van der Waals surface area (Å²) in [5.74, 6) is -0.931. The molecule has 0 N–H and O–H groups in total. The topological polar surface area (TPSA) is 0 Å². The van der Waals surface area contributed by atoms with Gasteiger partial charge in [-0.1, -0.05) is 77.1 Å². The van der Waals surface area contributed by atoms with E-state index in [2.05, 4.69) is 6.58 Å². The highest BCUT2D eigenvalue weighted by atomic mass is 28.3. The van der Waals surface area contributed by atoms with Crippen LogP contribution < -0.4 is 10.4 Å². The second-order valence-corrected chi connectivity index (χ2v) is 6.90. The van der Waals surface area contributed by atoms with Gasteiger partial charge in [-0.3, -0.25) is 0 Å². The molecule has 0 fully saturated rings. The molecule has 0 saturated heterocycles. The van der Waals surface area contributed by atoms with Crippen LogP contribution in [-0.4, -0.2) is 14.6 Å². The van der Waals surface area contributed by atoms with E-state index in [-0.39, 0.29) is 0 Å². The first-order chi connectivity index (χ1) is 8.33. The Balaban J connectivity index is 2.43. The van der Waals surface area contributed by atoms with E-state index in [4.69, 9.17) is 0 Å². The van der Waals surface area contributed by atoms with E-state index in [1.165, 1.54) is 6.08 Å². The van der Waals surface area contributed by atoms with Crippen molar-refractivity contribution >= 4 is 19.2 Å². The molecule has 0 nitrogen and oxygen atoms in total. The highest BCUT2D eigenvalue weighted by molar-refractivity contribution is 6.86. The molecule has 0 aliphatic rings. The predicted molar refractivity (Wildman–Crippen MR) is 74.4 cm³/mol. The maximum Gasteiger partial charge on any atom is 0.146 e. The summed E-state index contributed by atoms with van der Waals surface area (Å²) >= 11 is 0. The molecule has 2 heteroatoms. The summed E-state index contributed by atoms with van der Waals surface area (Å²) in [7, 11) is -1.83. The van der Waals surface area contributed by atoms with Crippen LogP contribution in [0.4, 0.5) is 4.39 Å². The average Bonchev–Trinajstić information content (AvgIpc) is 2.41. The first kappa shape index (κ1) is 11.8. The molecule has 86 valence electrons. The van der Waals surface area contributed by atoms with Crippen LogP contribution >= 0.6 is 0 Å². The molecule has 2 rings (SSSR count). The highest BCUT2D eigenvalue weighted by Crippen LogP contribution is 2.02. The second kappa shape index (κ2) is 5.59. The minimum atomic E-state index is -1.83. The molecule has 0 bridgehead atoms. The van der Waals surface area contributed by atoms with Gasteiger partial charge < -0.3 is 0 Å². The summed E-state index contributed by atoms with van der Waals surface area (Å²) in [6.45, 7) is 3.59. The van der Waals surface area contributed by atoms with Crippen molar-refractivity contribution in [1.29, 1.82) is 0 Å². The summed E-state index contributed by atoms with van der Waals surface area (Å²) in [6, 6.07) is 19.8. The first-order valence-corrected chi connectivity index (χ1v) is 7.51. The fourth-order valence-electron chi connectivity index (χ4n) is 2.02. The van der Waals surface area contributed by atoms with E-state index in [9.17, 15) is 4.39 Å². The lowest BCUT2D eigenvalue weighted by Gasteiger charge is -2.17. The molecular weight excluding hydrogens is 227 g/mol. The number of benzene rings is 2. The maximum atomic E-state index is 14.1. The normalized spacial score (nSPS) is 12.4. The third-order valence-electron chi connectivity index (χ3n) is 2.86. The molecule has 17 heavy (non-hydrogen) atoms. The summed E-state index contributed by atoms with van der Waals surface area (Å²) in [4.78, 5) is 0. The third kappa shape index (κ3) is 2.71. The molecule has 0 aromatic heterocycles. The Labute approximate surface area is 103 Å². The Kier molecular flexibility index (Phi) is 3.88. The molecule has 0 aliphatic heterocycles. The van der Waals surface area contributed by atoms with Crippen LogP contribution in [0.1, 0.15) is 0 Å². The largest absolute Gasteiger partial charge is 0.247 e. The van der Waals surface area contributed by atoms with Crippen molar-refractivity contribution in [3.8, 4) is 0 Å². The van der Waals surface area contributed by atoms with Crippen LogP contribution in [0.5, 0.6) is 0 Å². The molecular formula is C15H15FSi. The Morgan fingerprint density at radius 2 is 1.29 bits per heavy atom. The molecule has 0 saturated carbocycles. The molecule has 0 spiro atoms. The van der Waals surface area contributed by atoms with E-state index in [1.54, 1.807) is 0 Å². The van der Waals surface area contributed by atoms with Gasteiger partial charge in [-0.2, -0.15) is 0 Å². The van der Waals surface area contributed by atoms with Gasteiger partial charge in [-0.05, 0) is 0 Å². The number of hydrogen-bond donors (Lipinski definition) is 0. The lowest BCUT2D eigenvalue weighted by atomic mass is 10.4. The number of hydrogen-bond acceptors (Lipinski definition) is 0. The van der Waals surface area contributed by atoms with E-state index in [0.717, 1.165) is 10.4 Å². The van der Waals surface area contributed by atoms with E-state index in [1.807, 2.05) is 60.7 Å². The number of allylic oxidation sites excluding steroid dienone is 1. The van der Waals surface area contributed by atoms with Crippen molar-refractivity contribution < 1.29 is 4.39 Å². The van der Waals surface area contributed by atoms with E-state index >= 15 is 0 Å². The fourth-order valence-corrected chi connectivity index (χ4v) is 4.68. The Morgan fingerprint density at radius 3 is 1.65 bits per heavy atom. The molecule has 2 aromatic carbocycles. The van der Waals surface area contributed by atoms with Gasteiger partial charge in [0.15, 0.2) is 0 Å². The maximum absolute atomic E-state index is 14.1. The molecule has 0 radical (unpaired) electrons. The third-order valence-corrected chi connectivity index (χ3v) is 5.98. The zero-order valence-corrected chi connectivity index (χ0v) is 10.7. The van der Waals surface area contributed by atoms with Gasteiger partial charge in [0.2, 0.25) is 0 Å². The highest BCUT2D eigenvalue weighted by Gasteiger charge is 2.23. The lowest BCUT2D eigenvalue weighted by molar-refractivity contribution is 0.505. The number of rotatable bonds is 4. The van der Waals surface area contributed by atoms with Crippen molar-refractivity contribution in [3.05, 3.63) is 73.3 Å². The van der Waals surface area contributed by atoms with Gasteiger partial charge in [-0.15, -0.1) is 6.58 Å². The fraction of sp³-hybridized carbons (Fsp3) is 0.0667. The SMILES string of the molecule is C=CC(F)[SiH](c1ccccc1)c1ccccc1. The van der Waals surface area contributed by atoms with E-state index < -0.39 is 14.6 Å². The molecule has 0 amide bonds. The standard InChI is InChI=1S/C15H15FSi/c1-2-15(16)17(13-9-5-3-6-10-13)14-11-7-4-8-12-14/h2-12,15,17H,1H2. The van der Waals surface area contributed by atoms with Gasteiger partial charge in [0, 0.05) is 0 Å². The minimum absolute atomic E-state index is 0.931. The van der Waals surface area contributed by atoms with Crippen LogP contribution in [0, 0.1) is 0 Å². The quantitative estimate of drug-likeness (QED) is 0.569. The first-order valence-electron chi connectivity index (χ1n) is 5.69. The predicted octanol–water partition coefficient (Wildman–Crippen LogP) is 2.09. The van der Waals surface area contributed by atoms with Gasteiger partial charge in [0.25, 0.3) is 0 Å². The van der Waals surface area contributed by atoms with Crippen LogP contribution in [0.15, 0.2) is 73.3 Å². The van der Waals surface area contributed by atoms with Crippen molar-refractivity contribution in [2.75, 3.05) is 0 Å². The van der Waals surface area contributed by atoms with Gasteiger partial charge in [0.1, 0.15) is 14.6 Å². The summed E-state index contributed by atoms with van der Waals surface area (Å²) < 4.78 is 14.1. The van der Waals surface area contributed by atoms with Crippen LogP contribution in [-0.2, 0) is 0 Å². The van der Waals surface area contributed by atoms with Crippen LogP contribution in [0.25, 0.3) is 0 Å². The van der Waals surface area contributed by atoms with Crippen molar-refractivity contribution in [3.63, 3.8) is 0 Å². The van der Waals surface area contributed by atoms with Crippen molar-refractivity contribution in [2.45, 2.75) is 5.79 Å². The molecule has 1 unspecified atom stereocenters. The van der Waals surface area contributed by atoms with Gasteiger partial charge >= 0.3 is 0 Å². The Morgan fingerprint density at radius 1 is 0.882 bits per heavy atom. The molecule has 2 aromatic rings. The minimum Gasteiger partial charge on any atom is -0.247 e. The zero-order valence-electron chi connectivity index (χ0n) is 9.59. The smallest absolute Gasteiger partial charge is 0.146 e. The van der Waals surface area contributed by atoms with Gasteiger partial charge in [-0.25, -0.2) is 4.39 Å². The molecule has 0 heterocycles. The van der Waals surface area contributed by atoms with Gasteiger partial charge in [0.05, 0.1) is 0 Å². The molecule has 1 atom stereocenters. The van der Waals surface area contributed by atoms with Crippen molar-refractivity contribution in [2.24, 2.45) is 0 Å². The lowest BCUT2D eigenvalue weighted by Crippen LogP contribution is -2.49. The molecule has 0 aliphatic carbocycles. The second-order valence-electron chi connectivity index (χ2n) is 3.98. The summed E-state index contributed by atoms with van der Waals surface area (Å²) in [6.07, 6.45) is 1.43. The van der Waals surface area contributed by atoms with E-state index in [0.29, 0.717) is 0 Å². The van der Waals surface area contributed by atoms with Crippen LogP contribution in [0.3, 0.4) is 0 Å². The van der Waals surface area contributed by atoms with Crippen molar-refractivity contribution in [1.82, 2.24) is 0 Å². The summed E-state index contributed by atoms with van der Waals surface area (Å²) in [5.41, 5.74) is 0. The zero-order chi connectivity index (χ0) is 12.1. The number of alkyl halides is 1. The Hall–Kier alpha value is -1.67. The summed E-state index contributed by atoms with van der Waals surface area (Å²) in [5, 5.41) is 2.23. The Bertz CT molecular complexity index is 427. The number of halogens is 1.